The lowest BCUT2D eigenvalue weighted by molar-refractivity contribution is 1.31. The van der Waals surface area contributed by atoms with E-state index in [1.54, 1.807) is 0 Å². The van der Waals surface area contributed by atoms with Crippen molar-refractivity contribution in [2.24, 2.45) is 0 Å². The van der Waals surface area contributed by atoms with E-state index in [1.165, 1.54) is 102 Å². The minimum atomic E-state index is 1.11. The van der Waals surface area contributed by atoms with Crippen LogP contribution in [0.4, 0.5) is 17.1 Å². The summed E-state index contributed by atoms with van der Waals surface area (Å²) in [5, 5.41) is 12.6. The van der Waals surface area contributed by atoms with Crippen LogP contribution in [-0.2, 0) is 0 Å². The Morgan fingerprint density at radius 2 is 0.833 bits per heavy atom. The zero-order chi connectivity index (χ0) is 39.6. The van der Waals surface area contributed by atoms with Crippen LogP contribution in [0.2, 0.25) is 0 Å². The highest BCUT2D eigenvalue weighted by Gasteiger charge is 2.22. The molecule has 0 unspecified atom stereocenters. The van der Waals surface area contributed by atoms with Crippen LogP contribution in [0.3, 0.4) is 0 Å². The molecule has 0 atom stereocenters. The fourth-order valence-corrected chi connectivity index (χ4v) is 10.8. The first-order valence-corrected chi connectivity index (χ1v) is 21.4. The number of rotatable bonds is 6. The summed E-state index contributed by atoms with van der Waals surface area (Å²) in [7, 11) is 0. The number of thiophene rings is 1. The maximum absolute atomic E-state index is 2.48. The predicted molar refractivity (Wildman–Crippen MR) is 260 cm³/mol. The van der Waals surface area contributed by atoms with Crippen molar-refractivity contribution in [3.8, 4) is 33.4 Å². The van der Waals surface area contributed by atoms with Crippen molar-refractivity contribution in [2.45, 2.75) is 0 Å². The Kier molecular flexibility index (Phi) is 8.11. The zero-order valence-corrected chi connectivity index (χ0v) is 33.5. The second kappa shape index (κ2) is 14.1. The normalized spacial score (nSPS) is 11.7. The van der Waals surface area contributed by atoms with Gasteiger partial charge in [0.25, 0.3) is 0 Å². The third-order valence-electron chi connectivity index (χ3n) is 12.2. The summed E-state index contributed by atoms with van der Waals surface area (Å²) in [4.78, 5) is 2.48. The lowest BCUT2D eigenvalue weighted by Crippen LogP contribution is -2.10. The molecule has 60 heavy (non-hydrogen) atoms. The molecule has 0 aliphatic carbocycles. The number of fused-ring (bicyclic) bond motifs is 9. The van der Waals surface area contributed by atoms with Crippen molar-refractivity contribution in [2.75, 3.05) is 4.90 Å². The third-order valence-corrected chi connectivity index (χ3v) is 13.4. The second-order valence-electron chi connectivity index (χ2n) is 15.6. The zero-order valence-electron chi connectivity index (χ0n) is 32.7. The van der Waals surface area contributed by atoms with E-state index in [-0.39, 0.29) is 0 Å². The van der Waals surface area contributed by atoms with E-state index in [2.05, 4.69) is 229 Å². The number of hydrogen-bond acceptors (Lipinski definition) is 2. The lowest BCUT2D eigenvalue weighted by Gasteiger charge is -2.27. The Morgan fingerprint density at radius 3 is 1.57 bits per heavy atom. The SMILES string of the molecule is c1ccc(-c2c(-c3ccccc3)c3cc(N(c4ccc(-c5cc6ccccc6c6ccccc56)cc4)c4cccc5c4sc4ccccc45)ccc3c3ccccc23)cc1. The molecule has 0 bridgehead atoms. The fourth-order valence-electron chi connectivity index (χ4n) is 9.55. The molecule has 1 nitrogen and oxygen atoms in total. The van der Waals surface area contributed by atoms with Crippen LogP contribution in [0.1, 0.15) is 0 Å². The highest BCUT2D eigenvalue weighted by Crippen LogP contribution is 2.49. The molecule has 280 valence electrons. The van der Waals surface area contributed by atoms with Gasteiger partial charge in [-0.25, -0.2) is 0 Å². The summed E-state index contributed by atoms with van der Waals surface area (Å²) in [6.45, 7) is 0. The molecule has 12 aromatic rings. The van der Waals surface area contributed by atoms with Crippen molar-refractivity contribution in [1.82, 2.24) is 0 Å². The van der Waals surface area contributed by atoms with Crippen LogP contribution in [0, 0.1) is 0 Å². The van der Waals surface area contributed by atoms with Gasteiger partial charge in [0.1, 0.15) is 0 Å². The van der Waals surface area contributed by atoms with Crippen molar-refractivity contribution in [3.05, 3.63) is 224 Å². The van der Waals surface area contributed by atoms with Gasteiger partial charge in [-0.3, -0.25) is 0 Å². The first-order chi connectivity index (χ1) is 29.8. The summed E-state index contributed by atoms with van der Waals surface area (Å²) in [6.07, 6.45) is 0. The average molecular weight is 780 g/mol. The van der Waals surface area contributed by atoms with Crippen molar-refractivity contribution in [1.29, 1.82) is 0 Å². The van der Waals surface area contributed by atoms with Crippen LogP contribution < -0.4 is 4.90 Å². The van der Waals surface area contributed by atoms with Crippen molar-refractivity contribution < 1.29 is 0 Å². The quantitative estimate of drug-likeness (QED) is 0.152. The van der Waals surface area contributed by atoms with Crippen molar-refractivity contribution >= 4 is 91.7 Å². The molecule has 0 saturated carbocycles. The van der Waals surface area contributed by atoms with E-state index in [1.807, 2.05) is 11.3 Å². The standard InChI is InChI=1S/C58H37NS/c1-3-16-39(17-4-1)56-50-26-12-11-23-46(50)48-35-34-43(37-53(48)57(56)40-18-5-2-6-19-40)59(54-28-15-27-51-49-25-13-14-29-55(49)60-58(51)54)42-32-30-38(31-33-42)52-36-41-20-7-8-21-44(41)45-22-9-10-24-47(45)52/h1-37H. The smallest absolute Gasteiger partial charge is 0.0640 e. The van der Waals surface area contributed by atoms with Crippen LogP contribution in [0.15, 0.2) is 224 Å². The maximum Gasteiger partial charge on any atom is 0.0640 e. The molecule has 0 aliphatic heterocycles. The van der Waals surface area contributed by atoms with Crippen LogP contribution >= 0.6 is 11.3 Å². The van der Waals surface area contributed by atoms with E-state index in [9.17, 15) is 0 Å². The Labute approximate surface area is 352 Å². The van der Waals surface area contributed by atoms with E-state index in [0.29, 0.717) is 0 Å². The Balaban J connectivity index is 1.13. The van der Waals surface area contributed by atoms with Crippen LogP contribution in [0.25, 0.3) is 96.6 Å². The van der Waals surface area contributed by atoms with Crippen molar-refractivity contribution in [3.63, 3.8) is 0 Å². The van der Waals surface area contributed by atoms with Gasteiger partial charge >= 0.3 is 0 Å². The van der Waals surface area contributed by atoms with E-state index in [4.69, 9.17) is 0 Å². The molecule has 0 fully saturated rings. The van der Waals surface area contributed by atoms with E-state index in [0.717, 1.165) is 11.4 Å². The summed E-state index contributed by atoms with van der Waals surface area (Å²) in [6, 6.07) is 82.5. The highest BCUT2D eigenvalue weighted by molar-refractivity contribution is 7.26. The summed E-state index contributed by atoms with van der Waals surface area (Å²) >= 11 is 1.87. The van der Waals surface area contributed by atoms with Gasteiger partial charge in [0.2, 0.25) is 0 Å². The summed E-state index contributed by atoms with van der Waals surface area (Å²) in [5.41, 5.74) is 10.8. The monoisotopic (exact) mass is 779 g/mol. The van der Waals surface area contributed by atoms with Gasteiger partial charge in [-0.1, -0.05) is 182 Å². The lowest BCUT2D eigenvalue weighted by atomic mass is 9.85. The summed E-state index contributed by atoms with van der Waals surface area (Å²) in [5.74, 6) is 0. The van der Waals surface area contributed by atoms with Gasteiger partial charge in [0.15, 0.2) is 0 Å². The first kappa shape index (κ1) is 34.5. The molecule has 0 N–H and O–H groups in total. The van der Waals surface area contributed by atoms with Gasteiger partial charge in [-0.2, -0.15) is 0 Å². The molecule has 0 radical (unpaired) electrons. The Morgan fingerprint density at radius 1 is 0.300 bits per heavy atom. The average Bonchev–Trinajstić information content (AvgIpc) is 3.71. The Hall–Kier alpha value is -7.52. The number of hydrogen-bond donors (Lipinski definition) is 0. The summed E-state index contributed by atoms with van der Waals surface area (Å²) < 4.78 is 2.57. The number of nitrogens with zero attached hydrogens (tertiary/aromatic N) is 1. The molecule has 0 amide bonds. The highest BCUT2D eigenvalue weighted by atomic mass is 32.1. The van der Waals surface area contributed by atoms with Gasteiger partial charge in [-0.05, 0) is 119 Å². The Bertz CT molecular complexity index is 3590. The maximum atomic E-state index is 2.48. The molecule has 2 heteroatoms. The van der Waals surface area contributed by atoms with Gasteiger partial charge < -0.3 is 4.90 Å². The topological polar surface area (TPSA) is 3.24 Å². The minimum Gasteiger partial charge on any atom is -0.309 e. The van der Waals surface area contributed by atoms with Gasteiger partial charge in [-0.15, -0.1) is 11.3 Å². The van der Waals surface area contributed by atoms with Crippen LogP contribution in [0.5, 0.6) is 0 Å². The van der Waals surface area contributed by atoms with Gasteiger partial charge in [0, 0.05) is 26.8 Å². The third kappa shape index (κ3) is 5.53. The molecule has 0 saturated heterocycles. The number of anilines is 3. The van der Waals surface area contributed by atoms with E-state index >= 15 is 0 Å². The van der Waals surface area contributed by atoms with Gasteiger partial charge in [0.05, 0.1) is 10.4 Å². The molecular formula is C58H37NS. The molecular weight excluding hydrogens is 743 g/mol. The second-order valence-corrected chi connectivity index (χ2v) is 16.6. The largest absolute Gasteiger partial charge is 0.309 e. The fraction of sp³-hybridized carbons (Fsp3) is 0. The number of benzene rings is 11. The van der Waals surface area contributed by atoms with Crippen LogP contribution in [-0.4, -0.2) is 0 Å². The van der Waals surface area contributed by atoms with E-state index < -0.39 is 0 Å². The predicted octanol–water partition coefficient (Wildman–Crippen LogP) is 17.1. The first-order valence-electron chi connectivity index (χ1n) is 20.6. The molecule has 0 spiro atoms. The molecule has 1 heterocycles. The molecule has 11 aromatic carbocycles. The minimum absolute atomic E-state index is 1.11. The molecule has 1 aromatic heterocycles. The molecule has 12 rings (SSSR count). The molecule has 0 aliphatic rings.